The predicted molar refractivity (Wildman–Crippen MR) is 146 cm³/mol. The number of rotatable bonds is 5. The lowest BCUT2D eigenvalue weighted by Crippen LogP contribution is -2.24. The van der Waals surface area contributed by atoms with E-state index in [4.69, 9.17) is 26.9 Å². The van der Waals surface area contributed by atoms with E-state index in [1.807, 2.05) is 67.6 Å². The number of amides is 1. The summed E-state index contributed by atoms with van der Waals surface area (Å²) in [4.78, 5) is 40.1. The molecular weight excluding hydrogens is 484 g/mol. The molecule has 0 aliphatic carbocycles. The minimum absolute atomic E-state index is 0.00463. The molecule has 3 aromatic heterocycles. The fourth-order valence-corrected chi connectivity index (χ4v) is 3.88. The molecule has 38 heavy (non-hydrogen) atoms. The minimum Gasteiger partial charge on any atom is -0.481 e. The van der Waals surface area contributed by atoms with E-state index in [0.29, 0.717) is 23.2 Å². The number of primary amides is 1. The van der Waals surface area contributed by atoms with Gasteiger partial charge in [-0.2, -0.15) is 4.98 Å². The molecule has 2 aromatic carbocycles. The van der Waals surface area contributed by atoms with Gasteiger partial charge in [-0.25, -0.2) is 15.0 Å². The maximum Gasteiger partial charge on any atom is 0.266 e. The fourth-order valence-electron chi connectivity index (χ4n) is 3.88. The zero-order chi connectivity index (χ0) is 27.2. The maximum atomic E-state index is 13.5. The molecule has 3 heterocycles. The topological polar surface area (TPSA) is 178 Å². The van der Waals surface area contributed by atoms with Gasteiger partial charge in [-0.1, -0.05) is 37.3 Å². The molecule has 0 atom stereocenters. The van der Waals surface area contributed by atoms with Crippen LogP contribution in [0.25, 0.3) is 27.7 Å². The highest BCUT2D eigenvalue weighted by Crippen LogP contribution is 2.28. The van der Waals surface area contributed by atoms with E-state index >= 15 is 0 Å². The largest absolute Gasteiger partial charge is 0.481 e. The van der Waals surface area contributed by atoms with Gasteiger partial charge in [0, 0.05) is 24.9 Å². The highest BCUT2D eigenvalue weighted by molar-refractivity contribution is 5.97. The molecule has 11 heteroatoms. The van der Waals surface area contributed by atoms with E-state index in [2.05, 4.69) is 15.0 Å². The van der Waals surface area contributed by atoms with Crippen molar-refractivity contribution in [2.45, 2.75) is 13.3 Å². The van der Waals surface area contributed by atoms with Crippen molar-refractivity contribution in [3.63, 3.8) is 0 Å². The standard InChI is InChI=1S/C22H19N3O2.C5H7N5O/c1-3-19-24-18-11-7-10-17(15-12-13-23-20(14-15)27-2)21(18)22(26)25(19)16-8-5-4-6-9-16;6-3-2(4(7)11)1-9-5(8)10-3/h4-14H,3H2,1-2H3;1H,(H2,7,11)(H4,6,8,9,10). The second-order valence-corrected chi connectivity index (χ2v) is 8.04. The summed E-state index contributed by atoms with van der Waals surface area (Å²) >= 11 is 0. The molecule has 0 saturated carbocycles. The van der Waals surface area contributed by atoms with Crippen LogP contribution in [0.4, 0.5) is 11.8 Å². The number of methoxy groups -OCH3 is 1. The lowest BCUT2D eigenvalue weighted by molar-refractivity contribution is 0.100. The molecule has 0 aliphatic rings. The lowest BCUT2D eigenvalue weighted by atomic mass is 10.0. The van der Waals surface area contributed by atoms with Gasteiger partial charge in [0.15, 0.2) is 0 Å². The van der Waals surface area contributed by atoms with E-state index in [0.717, 1.165) is 22.6 Å². The van der Waals surface area contributed by atoms with Crippen LogP contribution in [0, 0.1) is 0 Å². The molecule has 0 spiro atoms. The normalized spacial score (nSPS) is 10.5. The van der Waals surface area contributed by atoms with Crippen molar-refractivity contribution in [3.05, 3.63) is 94.8 Å². The third kappa shape index (κ3) is 5.26. The molecule has 0 aliphatic heterocycles. The third-order valence-corrected chi connectivity index (χ3v) is 5.65. The summed E-state index contributed by atoms with van der Waals surface area (Å²) < 4.78 is 6.94. The molecular formula is C27H26N8O3. The Kier molecular flexibility index (Phi) is 7.57. The van der Waals surface area contributed by atoms with Crippen molar-refractivity contribution in [1.29, 1.82) is 0 Å². The van der Waals surface area contributed by atoms with Crippen LogP contribution in [0.1, 0.15) is 23.1 Å². The Labute approximate surface area is 218 Å². The minimum atomic E-state index is -0.664. The smallest absolute Gasteiger partial charge is 0.266 e. The summed E-state index contributed by atoms with van der Waals surface area (Å²) in [5.74, 6) is 0.606. The second kappa shape index (κ2) is 11.2. The highest BCUT2D eigenvalue weighted by atomic mass is 16.5. The number of nitrogens with zero attached hydrogens (tertiary/aromatic N) is 5. The number of anilines is 2. The van der Waals surface area contributed by atoms with Crippen LogP contribution in [0.15, 0.2) is 77.9 Å². The zero-order valence-corrected chi connectivity index (χ0v) is 20.8. The number of fused-ring (bicyclic) bond motifs is 1. The number of carbonyl (C=O) groups excluding carboxylic acids is 1. The molecule has 192 valence electrons. The summed E-state index contributed by atoms with van der Waals surface area (Å²) in [7, 11) is 1.58. The van der Waals surface area contributed by atoms with Crippen LogP contribution in [0.5, 0.6) is 5.88 Å². The lowest BCUT2D eigenvalue weighted by Gasteiger charge is -2.14. The first-order valence-corrected chi connectivity index (χ1v) is 11.6. The first kappa shape index (κ1) is 25.8. The second-order valence-electron chi connectivity index (χ2n) is 8.04. The number of aryl methyl sites for hydroxylation is 1. The quantitative estimate of drug-likeness (QED) is 0.320. The van der Waals surface area contributed by atoms with Crippen LogP contribution >= 0.6 is 0 Å². The van der Waals surface area contributed by atoms with Gasteiger partial charge in [0.1, 0.15) is 11.6 Å². The van der Waals surface area contributed by atoms with E-state index in [9.17, 15) is 9.59 Å². The van der Waals surface area contributed by atoms with E-state index in [-0.39, 0.29) is 22.9 Å². The maximum absolute atomic E-state index is 13.5. The number of hydrogen-bond acceptors (Lipinski definition) is 9. The summed E-state index contributed by atoms with van der Waals surface area (Å²) in [5, 5.41) is 0.590. The molecule has 0 bridgehead atoms. The molecule has 0 fully saturated rings. The van der Waals surface area contributed by atoms with Crippen LogP contribution in [0.3, 0.4) is 0 Å². The average Bonchev–Trinajstić information content (AvgIpc) is 2.93. The fraction of sp³-hybridized carbons (Fsp3) is 0.111. The van der Waals surface area contributed by atoms with Crippen molar-refractivity contribution in [2.24, 2.45) is 5.73 Å². The number of nitrogen functional groups attached to an aromatic ring is 2. The Balaban J connectivity index is 0.000000257. The highest BCUT2D eigenvalue weighted by Gasteiger charge is 2.16. The number of hydrogen-bond donors (Lipinski definition) is 3. The number of ether oxygens (including phenoxy) is 1. The SMILES string of the molecule is CCc1nc2cccc(-c3ccnc(OC)c3)c2c(=O)n1-c1ccccc1.NC(=O)c1cnc(N)nc1N. The van der Waals surface area contributed by atoms with Gasteiger partial charge in [0.25, 0.3) is 11.5 Å². The Morgan fingerprint density at radius 1 is 1.00 bits per heavy atom. The number of aromatic nitrogens is 5. The van der Waals surface area contributed by atoms with E-state index in [1.165, 1.54) is 6.20 Å². The van der Waals surface area contributed by atoms with Crippen LogP contribution in [-0.2, 0) is 6.42 Å². The Bertz CT molecular complexity index is 1670. The van der Waals surface area contributed by atoms with E-state index < -0.39 is 5.91 Å². The van der Waals surface area contributed by atoms with Crippen molar-refractivity contribution in [1.82, 2.24) is 24.5 Å². The van der Waals surface area contributed by atoms with Gasteiger partial charge in [-0.15, -0.1) is 0 Å². The molecule has 0 unspecified atom stereocenters. The number of nitrogens with two attached hydrogens (primary N) is 3. The molecule has 6 N–H and O–H groups in total. The number of benzene rings is 2. The van der Waals surface area contributed by atoms with E-state index in [1.54, 1.807) is 17.9 Å². The summed E-state index contributed by atoms with van der Waals surface area (Å²) in [6.07, 6.45) is 3.53. The van der Waals surface area contributed by atoms with Crippen LogP contribution < -0.4 is 27.5 Å². The van der Waals surface area contributed by atoms with Gasteiger partial charge >= 0.3 is 0 Å². The Hall–Kier alpha value is -5.32. The molecule has 1 amide bonds. The number of carbonyl (C=O) groups is 1. The van der Waals surface area contributed by atoms with Crippen molar-refractivity contribution >= 4 is 28.6 Å². The van der Waals surface area contributed by atoms with Crippen LogP contribution in [-0.4, -0.2) is 37.5 Å². The number of para-hydroxylation sites is 1. The Morgan fingerprint density at radius 2 is 1.76 bits per heavy atom. The third-order valence-electron chi connectivity index (χ3n) is 5.65. The molecule has 5 aromatic rings. The molecule has 0 radical (unpaired) electrons. The molecule has 5 rings (SSSR count). The monoisotopic (exact) mass is 510 g/mol. The van der Waals surface area contributed by atoms with Crippen molar-refractivity contribution in [3.8, 4) is 22.7 Å². The average molecular weight is 511 g/mol. The summed E-state index contributed by atoms with van der Waals surface area (Å²) in [5.41, 5.74) is 18.6. The van der Waals surface area contributed by atoms with Gasteiger partial charge in [0.05, 0.1) is 29.3 Å². The van der Waals surface area contributed by atoms with Crippen LogP contribution in [0.2, 0.25) is 0 Å². The zero-order valence-electron chi connectivity index (χ0n) is 20.8. The number of pyridine rings is 1. The van der Waals surface area contributed by atoms with Gasteiger partial charge < -0.3 is 21.9 Å². The molecule has 11 nitrogen and oxygen atoms in total. The summed E-state index contributed by atoms with van der Waals surface area (Å²) in [6, 6.07) is 19.1. The predicted octanol–water partition coefficient (Wildman–Crippen LogP) is 2.76. The van der Waals surface area contributed by atoms with Gasteiger partial charge in [-0.3, -0.25) is 14.2 Å². The first-order chi connectivity index (χ1) is 18.3. The van der Waals surface area contributed by atoms with Crippen molar-refractivity contribution in [2.75, 3.05) is 18.6 Å². The van der Waals surface area contributed by atoms with Crippen molar-refractivity contribution < 1.29 is 9.53 Å². The molecule has 0 saturated heterocycles. The van der Waals surface area contributed by atoms with Gasteiger partial charge in [0.2, 0.25) is 11.8 Å². The summed E-state index contributed by atoms with van der Waals surface area (Å²) in [6.45, 7) is 2.00. The first-order valence-electron chi connectivity index (χ1n) is 11.6. The Morgan fingerprint density at radius 3 is 2.42 bits per heavy atom. The van der Waals surface area contributed by atoms with Gasteiger partial charge in [-0.05, 0) is 35.4 Å².